The van der Waals surface area contributed by atoms with Crippen molar-refractivity contribution in [1.29, 1.82) is 0 Å². The number of pyridine rings is 1. The molecule has 0 aliphatic carbocycles. The number of hydrogen-bond acceptors (Lipinski definition) is 4. The molecule has 0 saturated carbocycles. The SMILES string of the molecule is CN=C(NCc1ccc(Cl)nc1)N1CCN(c2ccccc2OC)CC1. The Morgan fingerprint density at radius 3 is 2.62 bits per heavy atom. The highest BCUT2D eigenvalue weighted by Gasteiger charge is 2.21. The van der Waals surface area contributed by atoms with Crippen LogP contribution in [0.2, 0.25) is 5.15 Å². The summed E-state index contributed by atoms with van der Waals surface area (Å²) in [4.78, 5) is 13.2. The van der Waals surface area contributed by atoms with E-state index in [0.717, 1.165) is 49.1 Å². The van der Waals surface area contributed by atoms with E-state index in [1.807, 2.05) is 31.3 Å². The fraction of sp³-hybridized carbons (Fsp3) is 0.368. The summed E-state index contributed by atoms with van der Waals surface area (Å²) in [6.07, 6.45) is 1.78. The van der Waals surface area contributed by atoms with E-state index in [9.17, 15) is 0 Å². The van der Waals surface area contributed by atoms with Crippen LogP contribution < -0.4 is 15.0 Å². The van der Waals surface area contributed by atoms with Gasteiger partial charge in [0, 0.05) is 46.0 Å². The van der Waals surface area contributed by atoms with Crippen LogP contribution in [-0.2, 0) is 6.54 Å². The topological polar surface area (TPSA) is 53.0 Å². The molecule has 1 aliphatic heterocycles. The van der Waals surface area contributed by atoms with Crippen LogP contribution >= 0.6 is 11.6 Å². The second-order valence-electron chi connectivity index (χ2n) is 6.04. The molecular weight excluding hydrogens is 350 g/mol. The van der Waals surface area contributed by atoms with Gasteiger partial charge in [-0.05, 0) is 23.8 Å². The van der Waals surface area contributed by atoms with Crippen molar-refractivity contribution < 1.29 is 4.74 Å². The van der Waals surface area contributed by atoms with Gasteiger partial charge < -0.3 is 19.9 Å². The fourth-order valence-electron chi connectivity index (χ4n) is 3.07. The molecule has 1 N–H and O–H groups in total. The number of guanidine groups is 1. The second-order valence-corrected chi connectivity index (χ2v) is 6.42. The monoisotopic (exact) mass is 373 g/mol. The number of hydrogen-bond donors (Lipinski definition) is 1. The van der Waals surface area contributed by atoms with Crippen LogP contribution in [0.4, 0.5) is 5.69 Å². The number of anilines is 1. The lowest BCUT2D eigenvalue weighted by Gasteiger charge is -2.38. The van der Waals surface area contributed by atoms with Gasteiger partial charge in [0.1, 0.15) is 10.9 Å². The summed E-state index contributed by atoms with van der Waals surface area (Å²) < 4.78 is 5.48. The highest BCUT2D eigenvalue weighted by Crippen LogP contribution is 2.28. The molecular formula is C19H24ClN5O. The lowest BCUT2D eigenvalue weighted by molar-refractivity contribution is 0.367. The molecule has 2 heterocycles. The molecule has 0 spiro atoms. The number of nitrogens with zero attached hydrogens (tertiary/aromatic N) is 4. The zero-order chi connectivity index (χ0) is 18.4. The van der Waals surface area contributed by atoms with Gasteiger partial charge in [-0.15, -0.1) is 0 Å². The van der Waals surface area contributed by atoms with Crippen LogP contribution in [0.25, 0.3) is 0 Å². The fourth-order valence-corrected chi connectivity index (χ4v) is 3.19. The van der Waals surface area contributed by atoms with Gasteiger partial charge in [-0.1, -0.05) is 29.8 Å². The van der Waals surface area contributed by atoms with Crippen LogP contribution in [0.1, 0.15) is 5.56 Å². The van der Waals surface area contributed by atoms with E-state index < -0.39 is 0 Å². The third-order valence-electron chi connectivity index (χ3n) is 4.46. The van der Waals surface area contributed by atoms with Crippen LogP contribution in [0.15, 0.2) is 47.6 Å². The van der Waals surface area contributed by atoms with E-state index in [1.165, 1.54) is 0 Å². The molecule has 26 heavy (non-hydrogen) atoms. The molecule has 0 atom stereocenters. The van der Waals surface area contributed by atoms with Gasteiger partial charge in [-0.2, -0.15) is 0 Å². The summed E-state index contributed by atoms with van der Waals surface area (Å²) in [5.74, 6) is 1.82. The largest absolute Gasteiger partial charge is 0.495 e. The Bertz CT molecular complexity index is 742. The molecule has 0 bridgehead atoms. The number of aromatic nitrogens is 1. The first-order valence-corrected chi connectivity index (χ1v) is 9.03. The van der Waals surface area contributed by atoms with Crippen LogP contribution in [-0.4, -0.2) is 56.2 Å². The highest BCUT2D eigenvalue weighted by molar-refractivity contribution is 6.29. The number of ether oxygens (including phenoxy) is 1. The summed E-state index contributed by atoms with van der Waals surface area (Å²) >= 11 is 5.83. The zero-order valence-electron chi connectivity index (χ0n) is 15.2. The number of rotatable bonds is 4. The Kier molecular flexibility index (Phi) is 6.17. The molecule has 138 valence electrons. The number of halogens is 1. The van der Waals surface area contributed by atoms with Crippen molar-refractivity contribution in [2.24, 2.45) is 4.99 Å². The Morgan fingerprint density at radius 1 is 1.19 bits per heavy atom. The third-order valence-corrected chi connectivity index (χ3v) is 4.68. The number of aliphatic imine (C=N–C) groups is 1. The molecule has 1 saturated heterocycles. The van der Waals surface area contributed by atoms with Crippen LogP contribution in [0, 0.1) is 0 Å². The average Bonchev–Trinajstić information content (AvgIpc) is 2.70. The van der Waals surface area contributed by atoms with Gasteiger partial charge in [-0.3, -0.25) is 4.99 Å². The third kappa shape index (κ3) is 4.38. The molecule has 0 amide bonds. The summed E-state index contributed by atoms with van der Waals surface area (Å²) in [6, 6.07) is 11.9. The van der Waals surface area contributed by atoms with Gasteiger partial charge in [0.05, 0.1) is 12.8 Å². The first kappa shape index (κ1) is 18.3. The van der Waals surface area contributed by atoms with Crippen molar-refractivity contribution in [2.75, 3.05) is 45.2 Å². The smallest absolute Gasteiger partial charge is 0.194 e. The quantitative estimate of drug-likeness (QED) is 0.507. The standard InChI is InChI=1S/C19H24ClN5O/c1-21-19(23-14-15-7-8-18(20)22-13-15)25-11-9-24(10-12-25)16-5-3-4-6-17(16)26-2/h3-8,13H,9-12,14H2,1-2H3,(H,21,23). The number of methoxy groups -OCH3 is 1. The zero-order valence-corrected chi connectivity index (χ0v) is 15.9. The van der Waals surface area contributed by atoms with Crippen molar-refractivity contribution in [1.82, 2.24) is 15.2 Å². The van der Waals surface area contributed by atoms with Crippen molar-refractivity contribution >= 4 is 23.2 Å². The van der Waals surface area contributed by atoms with Crippen molar-refractivity contribution in [3.05, 3.63) is 53.3 Å². The van der Waals surface area contributed by atoms with Gasteiger partial charge >= 0.3 is 0 Å². The highest BCUT2D eigenvalue weighted by atomic mass is 35.5. The lowest BCUT2D eigenvalue weighted by Crippen LogP contribution is -2.52. The molecule has 7 heteroatoms. The van der Waals surface area contributed by atoms with E-state index in [-0.39, 0.29) is 0 Å². The molecule has 0 radical (unpaired) electrons. The van der Waals surface area contributed by atoms with E-state index in [2.05, 4.69) is 31.2 Å². The molecule has 3 rings (SSSR count). The molecule has 1 aromatic carbocycles. The van der Waals surface area contributed by atoms with E-state index in [4.69, 9.17) is 16.3 Å². The Hall–Kier alpha value is -2.47. The maximum Gasteiger partial charge on any atom is 0.194 e. The molecule has 1 aromatic heterocycles. The average molecular weight is 374 g/mol. The van der Waals surface area contributed by atoms with Gasteiger partial charge in [0.25, 0.3) is 0 Å². The number of benzene rings is 1. The van der Waals surface area contributed by atoms with E-state index in [0.29, 0.717) is 11.7 Å². The predicted molar refractivity (Wildman–Crippen MR) is 106 cm³/mol. The minimum atomic E-state index is 0.505. The molecule has 6 nitrogen and oxygen atoms in total. The lowest BCUT2D eigenvalue weighted by atomic mass is 10.2. The van der Waals surface area contributed by atoms with Gasteiger partial charge in [0.2, 0.25) is 0 Å². The Labute approximate surface area is 159 Å². The first-order chi connectivity index (χ1) is 12.7. The Balaban J connectivity index is 1.56. The maximum atomic E-state index is 5.83. The van der Waals surface area contributed by atoms with Crippen LogP contribution in [0.3, 0.4) is 0 Å². The summed E-state index contributed by atoms with van der Waals surface area (Å²) in [5, 5.41) is 3.91. The van der Waals surface area contributed by atoms with Gasteiger partial charge in [0.15, 0.2) is 5.96 Å². The maximum absolute atomic E-state index is 5.83. The second kappa shape index (κ2) is 8.76. The minimum Gasteiger partial charge on any atom is -0.495 e. The normalized spacial score (nSPS) is 15.1. The Morgan fingerprint density at radius 2 is 1.96 bits per heavy atom. The molecule has 1 aliphatic rings. The number of piperazine rings is 1. The van der Waals surface area contributed by atoms with Gasteiger partial charge in [-0.25, -0.2) is 4.98 Å². The first-order valence-electron chi connectivity index (χ1n) is 8.65. The number of nitrogens with one attached hydrogen (secondary N) is 1. The van der Waals surface area contributed by atoms with Crippen molar-refractivity contribution in [3.8, 4) is 5.75 Å². The van der Waals surface area contributed by atoms with Crippen molar-refractivity contribution in [3.63, 3.8) is 0 Å². The van der Waals surface area contributed by atoms with E-state index >= 15 is 0 Å². The van der Waals surface area contributed by atoms with Crippen LogP contribution in [0.5, 0.6) is 5.75 Å². The van der Waals surface area contributed by atoms with Crippen molar-refractivity contribution in [2.45, 2.75) is 6.54 Å². The molecule has 0 unspecified atom stereocenters. The minimum absolute atomic E-state index is 0.505. The molecule has 2 aromatic rings. The number of para-hydroxylation sites is 2. The summed E-state index contributed by atoms with van der Waals surface area (Å²) in [6.45, 7) is 4.31. The summed E-state index contributed by atoms with van der Waals surface area (Å²) in [5.41, 5.74) is 2.22. The molecule has 1 fully saturated rings. The summed E-state index contributed by atoms with van der Waals surface area (Å²) in [7, 11) is 3.53. The van der Waals surface area contributed by atoms with E-state index in [1.54, 1.807) is 19.4 Å². The predicted octanol–water partition coefficient (Wildman–Crippen LogP) is 2.64.